The molecule has 3 aromatic heterocycles. The lowest BCUT2D eigenvalue weighted by Gasteiger charge is -2.34. The molecule has 0 saturated heterocycles. The fourth-order valence-corrected chi connectivity index (χ4v) is 11.9. The zero-order valence-corrected chi connectivity index (χ0v) is 40.5. The highest BCUT2D eigenvalue weighted by Crippen LogP contribution is 2.58. The summed E-state index contributed by atoms with van der Waals surface area (Å²) in [4.78, 5) is 15.7. The number of hydrogen-bond acceptors (Lipinski definition) is 5. The molecular weight excluding hydrogens is 915 g/mol. The Hall–Kier alpha value is -9.97. The van der Waals surface area contributed by atoms with Gasteiger partial charge in [-0.2, -0.15) is 0 Å². The zero-order valence-electron chi connectivity index (χ0n) is 40.5. The van der Waals surface area contributed by atoms with E-state index in [1.54, 1.807) is 0 Å². The zero-order chi connectivity index (χ0) is 49.5. The Balaban J connectivity index is 0.870. The smallest absolute Gasteiger partial charge is 0.164 e. The third kappa shape index (κ3) is 6.82. The van der Waals surface area contributed by atoms with Gasteiger partial charge in [0.15, 0.2) is 17.5 Å². The largest absolute Gasteiger partial charge is 0.456 e. The second-order valence-corrected chi connectivity index (χ2v) is 19.4. The van der Waals surface area contributed by atoms with Crippen molar-refractivity contribution in [3.63, 3.8) is 0 Å². The first-order valence-corrected chi connectivity index (χ1v) is 25.4. The third-order valence-corrected chi connectivity index (χ3v) is 15.2. The van der Waals surface area contributed by atoms with Crippen LogP contribution >= 0.6 is 0 Å². The monoisotopic (exact) mass is 957 g/mol. The van der Waals surface area contributed by atoms with Crippen LogP contribution in [0.2, 0.25) is 0 Å². The van der Waals surface area contributed by atoms with E-state index in [0.717, 1.165) is 88.4 Å². The number of furan rings is 2. The van der Waals surface area contributed by atoms with E-state index in [9.17, 15) is 0 Å². The van der Waals surface area contributed by atoms with Gasteiger partial charge in [0.05, 0.1) is 5.41 Å². The summed E-state index contributed by atoms with van der Waals surface area (Å²) in [6, 6.07) is 92.5. The van der Waals surface area contributed by atoms with E-state index in [0.29, 0.717) is 17.5 Å². The van der Waals surface area contributed by atoms with Crippen molar-refractivity contribution in [2.24, 2.45) is 0 Å². The molecule has 15 rings (SSSR count). The maximum atomic E-state index is 6.65. The molecule has 0 radical (unpaired) electrons. The summed E-state index contributed by atoms with van der Waals surface area (Å²) in [5, 5.41) is 4.04. The van der Waals surface area contributed by atoms with Gasteiger partial charge in [-0.25, -0.2) is 15.0 Å². The highest BCUT2D eigenvalue weighted by Gasteiger charge is 2.46. The van der Waals surface area contributed by atoms with Crippen LogP contribution in [0.4, 0.5) is 0 Å². The number of benzene rings is 11. The maximum Gasteiger partial charge on any atom is 0.164 e. The molecule has 0 saturated carbocycles. The van der Waals surface area contributed by atoms with E-state index in [1.165, 1.54) is 38.9 Å². The second kappa shape index (κ2) is 17.1. The van der Waals surface area contributed by atoms with Crippen LogP contribution in [0.5, 0.6) is 0 Å². The van der Waals surface area contributed by atoms with E-state index in [1.807, 2.05) is 42.5 Å². The molecule has 0 N–H and O–H groups in total. The summed E-state index contributed by atoms with van der Waals surface area (Å²) in [5.41, 5.74) is 19.6. The van der Waals surface area contributed by atoms with Gasteiger partial charge in [-0.1, -0.05) is 218 Å². The molecule has 14 aromatic rings. The number of aromatic nitrogens is 3. The molecule has 5 nitrogen and oxygen atoms in total. The van der Waals surface area contributed by atoms with Crippen LogP contribution in [0.15, 0.2) is 270 Å². The van der Waals surface area contributed by atoms with Crippen molar-refractivity contribution < 1.29 is 8.83 Å². The van der Waals surface area contributed by atoms with E-state index in [-0.39, 0.29) is 0 Å². The molecule has 0 spiro atoms. The van der Waals surface area contributed by atoms with E-state index >= 15 is 0 Å². The average Bonchev–Trinajstić information content (AvgIpc) is 4.30. The molecule has 0 amide bonds. The summed E-state index contributed by atoms with van der Waals surface area (Å²) >= 11 is 0. The summed E-state index contributed by atoms with van der Waals surface area (Å²) < 4.78 is 13.0. The number of fused-ring (bicyclic) bond motifs is 9. The van der Waals surface area contributed by atoms with Gasteiger partial charge >= 0.3 is 0 Å². The van der Waals surface area contributed by atoms with Gasteiger partial charge in [0.1, 0.15) is 22.3 Å². The fraction of sp³-hybridized carbons (Fsp3) is 0.0143. The standard InChI is InChI=1S/C70H43N3O2/c1-4-17-44(18-5-1)45-33-35-46(36-34-45)67-71-68(50-37-39-55-54-25-11-13-31-61(54)75-64(55)43-50)73-69(72-67)57-28-16-32-63-66(57)58-42-48(38-40-62(58)74-63)47-19-14-20-49(41-47)53-27-15-30-60-65(53)56-26-10-12-29-59(56)70(60,51-21-6-2-7-22-51)52-23-8-3-9-24-52/h1-43H. The molecule has 75 heavy (non-hydrogen) atoms. The van der Waals surface area contributed by atoms with Crippen molar-refractivity contribution >= 4 is 43.9 Å². The Labute approximate surface area is 432 Å². The predicted molar refractivity (Wildman–Crippen MR) is 304 cm³/mol. The molecule has 0 bridgehead atoms. The highest BCUT2D eigenvalue weighted by atomic mass is 16.3. The number of hydrogen-bond donors (Lipinski definition) is 0. The normalized spacial score (nSPS) is 12.6. The molecule has 5 heteroatoms. The first kappa shape index (κ1) is 42.7. The summed E-state index contributed by atoms with van der Waals surface area (Å²) in [6.45, 7) is 0. The first-order chi connectivity index (χ1) is 37.2. The summed E-state index contributed by atoms with van der Waals surface area (Å²) in [6.07, 6.45) is 0. The molecule has 350 valence electrons. The Morgan fingerprint density at radius 3 is 1.59 bits per heavy atom. The van der Waals surface area contributed by atoms with Crippen LogP contribution in [0, 0.1) is 0 Å². The SMILES string of the molecule is c1ccc(-c2ccc(-c3nc(-c4ccc5c(c4)oc4ccccc45)nc(-c4cccc5oc6ccc(-c7cccc(-c8cccc9c8-c8ccccc8C9(c8ccccc8)c8ccccc8)c7)cc6c45)n3)cc2)cc1. The van der Waals surface area contributed by atoms with Crippen LogP contribution in [0.3, 0.4) is 0 Å². The molecule has 0 unspecified atom stereocenters. The van der Waals surface area contributed by atoms with Crippen molar-refractivity contribution in [2.75, 3.05) is 0 Å². The lowest BCUT2D eigenvalue weighted by atomic mass is 9.67. The topological polar surface area (TPSA) is 65.0 Å². The molecule has 0 atom stereocenters. The van der Waals surface area contributed by atoms with E-state index in [2.05, 4.69) is 218 Å². The lowest BCUT2D eigenvalue weighted by molar-refractivity contribution is 0.668. The Morgan fingerprint density at radius 1 is 0.267 bits per heavy atom. The minimum absolute atomic E-state index is 0.484. The van der Waals surface area contributed by atoms with Gasteiger partial charge in [-0.3, -0.25) is 0 Å². The van der Waals surface area contributed by atoms with Crippen molar-refractivity contribution in [1.82, 2.24) is 15.0 Å². The molecule has 1 aliphatic carbocycles. The molecule has 0 fully saturated rings. The minimum atomic E-state index is -0.484. The van der Waals surface area contributed by atoms with Gasteiger partial charge in [-0.15, -0.1) is 0 Å². The van der Waals surface area contributed by atoms with Crippen molar-refractivity contribution in [2.45, 2.75) is 5.41 Å². The van der Waals surface area contributed by atoms with E-state index in [4.69, 9.17) is 23.8 Å². The van der Waals surface area contributed by atoms with Crippen LogP contribution in [-0.4, -0.2) is 15.0 Å². The number of para-hydroxylation sites is 1. The van der Waals surface area contributed by atoms with Crippen molar-refractivity contribution in [3.8, 4) is 78.7 Å². The van der Waals surface area contributed by atoms with Crippen LogP contribution < -0.4 is 0 Å². The molecule has 3 heterocycles. The number of rotatable bonds is 8. The Bertz CT molecular complexity index is 4480. The van der Waals surface area contributed by atoms with Gasteiger partial charge in [0.2, 0.25) is 0 Å². The van der Waals surface area contributed by atoms with Gasteiger partial charge < -0.3 is 8.83 Å². The van der Waals surface area contributed by atoms with Crippen LogP contribution in [0.25, 0.3) is 123 Å². The minimum Gasteiger partial charge on any atom is -0.456 e. The Morgan fingerprint density at radius 2 is 0.773 bits per heavy atom. The second-order valence-electron chi connectivity index (χ2n) is 19.4. The summed E-state index contributed by atoms with van der Waals surface area (Å²) in [5.74, 6) is 1.67. The van der Waals surface area contributed by atoms with Gasteiger partial charge in [0, 0.05) is 38.2 Å². The average molecular weight is 958 g/mol. The molecule has 11 aromatic carbocycles. The third-order valence-electron chi connectivity index (χ3n) is 15.2. The quantitative estimate of drug-likeness (QED) is 0.152. The van der Waals surface area contributed by atoms with Crippen LogP contribution in [0.1, 0.15) is 22.3 Å². The lowest BCUT2D eigenvalue weighted by Crippen LogP contribution is -2.28. The Kier molecular flexibility index (Phi) is 9.72. The van der Waals surface area contributed by atoms with Crippen LogP contribution in [-0.2, 0) is 5.41 Å². The van der Waals surface area contributed by atoms with E-state index < -0.39 is 5.41 Å². The first-order valence-electron chi connectivity index (χ1n) is 25.4. The van der Waals surface area contributed by atoms with Gasteiger partial charge in [0.25, 0.3) is 0 Å². The molecular formula is C70H43N3O2. The fourth-order valence-electron chi connectivity index (χ4n) is 11.9. The van der Waals surface area contributed by atoms with Crippen molar-refractivity contribution in [1.29, 1.82) is 0 Å². The van der Waals surface area contributed by atoms with Crippen molar-refractivity contribution in [3.05, 3.63) is 283 Å². The van der Waals surface area contributed by atoms with Gasteiger partial charge in [-0.05, 0) is 109 Å². The highest BCUT2D eigenvalue weighted by molar-refractivity contribution is 6.13. The number of nitrogens with zero attached hydrogens (tertiary/aromatic N) is 3. The molecule has 1 aliphatic rings. The maximum absolute atomic E-state index is 6.65. The predicted octanol–water partition coefficient (Wildman–Crippen LogP) is 18.0. The summed E-state index contributed by atoms with van der Waals surface area (Å²) in [7, 11) is 0. The molecule has 0 aliphatic heterocycles.